The first kappa shape index (κ1) is 33.6. The molecule has 0 amide bonds. The molecule has 0 spiro atoms. The van der Waals surface area contributed by atoms with Crippen molar-refractivity contribution in [1.82, 2.24) is 0 Å². The van der Waals surface area contributed by atoms with E-state index in [1.807, 2.05) is 0 Å². The van der Waals surface area contributed by atoms with Crippen LogP contribution >= 0.6 is 0 Å². The second-order valence-electron chi connectivity index (χ2n) is 14.8. The number of rotatable bonds is 7. The highest BCUT2D eigenvalue weighted by Crippen LogP contribution is 2.50. The highest BCUT2D eigenvalue weighted by atomic mass is 16.3. The first-order valence-corrected chi connectivity index (χ1v) is 19.8. The van der Waals surface area contributed by atoms with Crippen LogP contribution in [0.5, 0.6) is 0 Å². The number of benzene rings is 10. The Balaban J connectivity index is 1.18. The van der Waals surface area contributed by atoms with E-state index < -0.39 is 0 Å². The second kappa shape index (κ2) is 14.1. The maximum Gasteiger partial charge on any atom is 0.136 e. The molecule has 0 saturated carbocycles. The zero-order valence-electron chi connectivity index (χ0n) is 31.7. The summed E-state index contributed by atoms with van der Waals surface area (Å²) >= 11 is 0. The average molecular weight is 740 g/mol. The Hall–Kier alpha value is -7.68. The van der Waals surface area contributed by atoms with Gasteiger partial charge < -0.3 is 9.32 Å². The molecule has 1 aromatic heterocycles. The van der Waals surface area contributed by atoms with Crippen LogP contribution in [-0.4, -0.2) is 0 Å². The fourth-order valence-corrected chi connectivity index (χ4v) is 8.77. The Morgan fingerprint density at radius 2 is 0.828 bits per heavy atom. The molecule has 0 aliphatic carbocycles. The summed E-state index contributed by atoms with van der Waals surface area (Å²) in [5.74, 6) is 0. The van der Waals surface area contributed by atoms with Gasteiger partial charge in [0, 0.05) is 33.3 Å². The molecule has 0 atom stereocenters. The van der Waals surface area contributed by atoms with Crippen LogP contribution < -0.4 is 4.90 Å². The Labute approximate surface area is 337 Å². The third-order valence-electron chi connectivity index (χ3n) is 11.5. The van der Waals surface area contributed by atoms with Crippen molar-refractivity contribution in [3.8, 4) is 44.5 Å². The Morgan fingerprint density at radius 3 is 1.50 bits per heavy atom. The zero-order chi connectivity index (χ0) is 38.4. The number of furan rings is 1. The van der Waals surface area contributed by atoms with Gasteiger partial charge in [-0.3, -0.25) is 0 Å². The van der Waals surface area contributed by atoms with Crippen LogP contribution in [0.2, 0.25) is 0 Å². The predicted octanol–water partition coefficient (Wildman–Crippen LogP) is 16.0. The van der Waals surface area contributed by atoms with Gasteiger partial charge in [-0.25, -0.2) is 0 Å². The number of hydrogen-bond donors (Lipinski definition) is 0. The molecule has 2 heteroatoms. The molecule has 1 heterocycles. The molecule has 272 valence electrons. The van der Waals surface area contributed by atoms with E-state index in [1.54, 1.807) is 0 Å². The van der Waals surface area contributed by atoms with Crippen LogP contribution in [0.15, 0.2) is 229 Å². The Morgan fingerprint density at radius 1 is 0.310 bits per heavy atom. The van der Waals surface area contributed by atoms with Crippen molar-refractivity contribution in [3.63, 3.8) is 0 Å². The average Bonchev–Trinajstić information content (AvgIpc) is 3.69. The summed E-state index contributed by atoms with van der Waals surface area (Å²) in [6, 6.07) is 80.7. The van der Waals surface area contributed by atoms with E-state index in [1.165, 1.54) is 49.4 Å². The van der Waals surface area contributed by atoms with Crippen molar-refractivity contribution in [3.05, 3.63) is 224 Å². The SMILES string of the molecule is c1ccc(-c2ccc(N(c3ccc(-c4ccccc4)cc3)c3ccccc3-c3ccc4oc5ccccc5c4c3-c3cc4ccccc4c4ccccc34)cc2)cc1. The second-order valence-corrected chi connectivity index (χ2v) is 14.8. The van der Waals surface area contributed by atoms with E-state index in [-0.39, 0.29) is 0 Å². The molecule has 11 rings (SSSR count). The summed E-state index contributed by atoms with van der Waals surface area (Å²) in [6.07, 6.45) is 0. The molecule has 0 saturated heterocycles. The predicted molar refractivity (Wildman–Crippen MR) is 245 cm³/mol. The smallest absolute Gasteiger partial charge is 0.136 e. The van der Waals surface area contributed by atoms with E-state index >= 15 is 0 Å². The van der Waals surface area contributed by atoms with E-state index in [0.717, 1.165) is 55.7 Å². The maximum absolute atomic E-state index is 6.61. The van der Waals surface area contributed by atoms with E-state index in [2.05, 4.69) is 229 Å². The molecule has 0 N–H and O–H groups in total. The van der Waals surface area contributed by atoms with Crippen LogP contribution in [0.4, 0.5) is 17.1 Å². The molecule has 58 heavy (non-hydrogen) atoms. The molecule has 11 aromatic rings. The lowest BCUT2D eigenvalue weighted by Gasteiger charge is -2.29. The molecule has 0 aliphatic heterocycles. The zero-order valence-corrected chi connectivity index (χ0v) is 31.7. The fraction of sp³-hybridized carbons (Fsp3) is 0. The monoisotopic (exact) mass is 739 g/mol. The number of hydrogen-bond acceptors (Lipinski definition) is 2. The summed E-state index contributed by atoms with van der Waals surface area (Å²) < 4.78 is 6.61. The van der Waals surface area contributed by atoms with Gasteiger partial charge in [0.2, 0.25) is 0 Å². The van der Waals surface area contributed by atoms with Crippen molar-refractivity contribution in [2.75, 3.05) is 4.90 Å². The third-order valence-corrected chi connectivity index (χ3v) is 11.5. The molecule has 0 aliphatic rings. The minimum atomic E-state index is 0.875. The minimum Gasteiger partial charge on any atom is -0.456 e. The highest BCUT2D eigenvalue weighted by molar-refractivity contribution is 6.22. The van der Waals surface area contributed by atoms with Crippen molar-refractivity contribution in [2.24, 2.45) is 0 Å². The summed E-state index contributed by atoms with van der Waals surface area (Å²) in [5, 5.41) is 7.13. The minimum absolute atomic E-state index is 0.875. The lowest BCUT2D eigenvalue weighted by molar-refractivity contribution is 0.669. The molecular weight excluding hydrogens is 703 g/mol. The third kappa shape index (κ3) is 5.74. The largest absolute Gasteiger partial charge is 0.456 e. The van der Waals surface area contributed by atoms with Crippen molar-refractivity contribution < 1.29 is 4.42 Å². The van der Waals surface area contributed by atoms with Gasteiger partial charge in [0.05, 0.1) is 5.69 Å². The molecular formula is C56H37NO. The lowest BCUT2D eigenvalue weighted by Crippen LogP contribution is -2.11. The number of para-hydroxylation sites is 2. The summed E-state index contributed by atoms with van der Waals surface area (Å²) in [6.45, 7) is 0. The standard InChI is InChI=1S/C56H37NO/c1-3-15-38(16-4-1)40-27-31-43(32-28-40)57(44-33-29-41(30-34-44)39-17-5-2-6-18-39)52-25-13-11-23-48(52)49-35-36-54-56(50-24-12-14-26-53(50)58-54)55(49)51-37-42-19-7-8-20-45(42)46-21-9-10-22-47(46)51/h1-37H. The van der Waals surface area contributed by atoms with Gasteiger partial charge in [-0.1, -0.05) is 170 Å². The van der Waals surface area contributed by atoms with Crippen molar-refractivity contribution in [1.29, 1.82) is 0 Å². The van der Waals surface area contributed by atoms with E-state index in [0.29, 0.717) is 0 Å². The molecule has 10 aromatic carbocycles. The first-order valence-electron chi connectivity index (χ1n) is 19.8. The van der Waals surface area contributed by atoms with E-state index in [9.17, 15) is 0 Å². The lowest BCUT2D eigenvalue weighted by atomic mass is 9.86. The van der Waals surface area contributed by atoms with Gasteiger partial charge in [0.25, 0.3) is 0 Å². The number of anilines is 3. The van der Waals surface area contributed by atoms with Gasteiger partial charge >= 0.3 is 0 Å². The summed E-state index contributed by atoms with van der Waals surface area (Å²) in [4.78, 5) is 2.40. The molecule has 0 radical (unpaired) electrons. The number of fused-ring (bicyclic) bond motifs is 6. The van der Waals surface area contributed by atoms with Gasteiger partial charge in [0.1, 0.15) is 11.2 Å². The first-order chi connectivity index (χ1) is 28.8. The van der Waals surface area contributed by atoms with Crippen LogP contribution in [-0.2, 0) is 0 Å². The molecule has 2 nitrogen and oxygen atoms in total. The fourth-order valence-electron chi connectivity index (χ4n) is 8.77. The van der Waals surface area contributed by atoms with Gasteiger partial charge in [0.15, 0.2) is 0 Å². The van der Waals surface area contributed by atoms with Crippen LogP contribution in [0.3, 0.4) is 0 Å². The Kier molecular flexibility index (Phi) is 8.19. The molecule has 0 unspecified atom stereocenters. The van der Waals surface area contributed by atoms with Crippen LogP contribution in [0, 0.1) is 0 Å². The molecule has 0 bridgehead atoms. The maximum atomic E-state index is 6.61. The summed E-state index contributed by atoms with van der Waals surface area (Å²) in [7, 11) is 0. The van der Waals surface area contributed by atoms with Gasteiger partial charge in [-0.15, -0.1) is 0 Å². The number of nitrogens with zero attached hydrogens (tertiary/aromatic N) is 1. The normalized spacial score (nSPS) is 11.4. The topological polar surface area (TPSA) is 16.4 Å². The van der Waals surface area contributed by atoms with Gasteiger partial charge in [-0.05, 0) is 110 Å². The van der Waals surface area contributed by atoms with E-state index in [4.69, 9.17) is 4.42 Å². The van der Waals surface area contributed by atoms with Crippen molar-refractivity contribution >= 4 is 60.5 Å². The molecule has 0 fully saturated rings. The Bertz CT molecular complexity index is 3170. The highest BCUT2D eigenvalue weighted by Gasteiger charge is 2.24. The summed E-state index contributed by atoms with van der Waals surface area (Å²) in [5.41, 5.74) is 14.4. The van der Waals surface area contributed by atoms with Crippen molar-refractivity contribution in [2.45, 2.75) is 0 Å². The van der Waals surface area contributed by atoms with Crippen LogP contribution in [0.25, 0.3) is 88.0 Å². The van der Waals surface area contributed by atoms with Gasteiger partial charge in [-0.2, -0.15) is 0 Å². The quantitative estimate of drug-likeness (QED) is 0.151. The van der Waals surface area contributed by atoms with Crippen LogP contribution in [0.1, 0.15) is 0 Å².